The molecule has 1 atom stereocenters. The molecule has 158 valence electrons. The molecule has 0 spiro atoms. The summed E-state index contributed by atoms with van der Waals surface area (Å²) in [5.41, 5.74) is 1.17. The first-order valence-electron chi connectivity index (χ1n) is 9.94. The van der Waals surface area contributed by atoms with Crippen molar-refractivity contribution < 1.29 is 19.4 Å². The van der Waals surface area contributed by atoms with Crippen molar-refractivity contribution in [1.29, 1.82) is 0 Å². The molecule has 1 aliphatic rings. The molecular formula is C24H22N2O4S. The van der Waals surface area contributed by atoms with E-state index >= 15 is 0 Å². The van der Waals surface area contributed by atoms with Crippen molar-refractivity contribution in [3.05, 3.63) is 87.9 Å². The molecule has 1 saturated heterocycles. The fraction of sp³-hybridized carbons (Fsp3) is 0.208. The molecule has 0 radical (unpaired) electrons. The molecule has 1 N–H and O–H groups in total. The average molecular weight is 435 g/mol. The van der Waals surface area contributed by atoms with Gasteiger partial charge in [0, 0.05) is 16.6 Å². The Morgan fingerprint density at radius 1 is 1.16 bits per heavy atom. The second kappa shape index (κ2) is 8.73. The molecule has 6 nitrogen and oxygen atoms in total. The first-order chi connectivity index (χ1) is 15.0. The van der Waals surface area contributed by atoms with E-state index in [-0.39, 0.29) is 24.0 Å². The van der Waals surface area contributed by atoms with Gasteiger partial charge in [-0.2, -0.15) is 0 Å². The zero-order valence-electron chi connectivity index (χ0n) is 17.2. The van der Waals surface area contributed by atoms with Gasteiger partial charge in [-0.15, -0.1) is 11.3 Å². The predicted octanol–water partition coefficient (Wildman–Crippen LogP) is 4.55. The molecule has 1 unspecified atom stereocenters. The maximum absolute atomic E-state index is 13.0. The number of hydrogen-bond acceptors (Lipinski definition) is 6. The lowest BCUT2D eigenvalue weighted by atomic mass is 9.99. The van der Waals surface area contributed by atoms with E-state index in [0.29, 0.717) is 17.0 Å². The lowest BCUT2D eigenvalue weighted by Gasteiger charge is -2.23. The number of ether oxygens (including phenoxy) is 1. The molecule has 31 heavy (non-hydrogen) atoms. The van der Waals surface area contributed by atoms with Crippen LogP contribution in [0.2, 0.25) is 0 Å². The highest BCUT2D eigenvalue weighted by atomic mass is 32.1. The second-order valence-corrected chi connectivity index (χ2v) is 8.44. The van der Waals surface area contributed by atoms with E-state index in [4.69, 9.17) is 4.74 Å². The molecule has 3 aromatic rings. The van der Waals surface area contributed by atoms with Crippen LogP contribution in [0.5, 0.6) is 5.75 Å². The highest BCUT2D eigenvalue weighted by molar-refractivity contribution is 7.10. The summed E-state index contributed by atoms with van der Waals surface area (Å²) in [5.74, 6) is -0.994. The number of Topliss-reactive ketones (excluding diaryl/α,β-unsaturated/α-hetero) is 1. The van der Waals surface area contributed by atoms with Crippen LogP contribution in [0.4, 0.5) is 0 Å². The number of thiophene rings is 1. The lowest BCUT2D eigenvalue weighted by molar-refractivity contribution is -0.140. The number of benzene rings is 1. The van der Waals surface area contributed by atoms with Gasteiger partial charge in [-0.3, -0.25) is 14.6 Å². The number of likely N-dealkylation sites (tertiary alicyclic amines) is 1. The number of ketones is 1. The Bertz CT molecular complexity index is 1120. The third kappa shape index (κ3) is 4.22. The summed E-state index contributed by atoms with van der Waals surface area (Å²) in [6.45, 7) is 3.99. The number of rotatable bonds is 6. The minimum Gasteiger partial charge on any atom is -0.507 e. The fourth-order valence-electron chi connectivity index (χ4n) is 3.60. The van der Waals surface area contributed by atoms with Gasteiger partial charge < -0.3 is 14.7 Å². The zero-order chi connectivity index (χ0) is 22.0. The number of pyridine rings is 1. The van der Waals surface area contributed by atoms with Gasteiger partial charge in [0.05, 0.1) is 23.9 Å². The maximum atomic E-state index is 13.0. The SMILES string of the molecule is CC(C)Oc1cccc(/C(O)=C2/C(=O)C(=O)N(Cc3ccccn3)C2c2cccs2)c1. The molecule has 1 amide bonds. The Labute approximate surface area is 184 Å². The number of carbonyl (C=O) groups is 2. The first-order valence-corrected chi connectivity index (χ1v) is 10.8. The third-order valence-electron chi connectivity index (χ3n) is 4.89. The minimum atomic E-state index is -0.706. The topological polar surface area (TPSA) is 79.7 Å². The Hall–Kier alpha value is -3.45. The molecule has 2 aromatic heterocycles. The summed E-state index contributed by atoms with van der Waals surface area (Å²) >= 11 is 1.43. The standard InChI is InChI=1S/C24H22N2O4S/c1-15(2)30-18-9-5-7-16(13-18)22(27)20-21(19-10-6-12-31-19)26(24(29)23(20)28)14-17-8-3-4-11-25-17/h3-13,15,21,27H,14H2,1-2H3/b22-20-. The minimum absolute atomic E-state index is 0.0348. The molecular weight excluding hydrogens is 412 g/mol. The van der Waals surface area contributed by atoms with Gasteiger partial charge in [0.1, 0.15) is 17.6 Å². The van der Waals surface area contributed by atoms with Crippen LogP contribution >= 0.6 is 11.3 Å². The van der Waals surface area contributed by atoms with Crippen LogP contribution in [-0.2, 0) is 16.1 Å². The van der Waals surface area contributed by atoms with Crippen molar-refractivity contribution in [3.63, 3.8) is 0 Å². The van der Waals surface area contributed by atoms with E-state index in [2.05, 4.69) is 4.98 Å². The Kier molecular flexibility index (Phi) is 5.86. The van der Waals surface area contributed by atoms with Crippen LogP contribution in [0.15, 0.2) is 71.7 Å². The van der Waals surface area contributed by atoms with Gasteiger partial charge in [-0.1, -0.05) is 24.3 Å². The number of nitrogens with zero attached hydrogens (tertiary/aromatic N) is 2. The van der Waals surface area contributed by atoms with E-state index in [9.17, 15) is 14.7 Å². The summed E-state index contributed by atoms with van der Waals surface area (Å²) < 4.78 is 5.71. The van der Waals surface area contributed by atoms with E-state index in [0.717, 1.165) is 4.88 Å². The maximum Gasteiger partial charge on any atom is 0.296 e. The highest BCUT2D eigenvalue weighted by Gasteiger charge is 2.46. The van der Waals surface area contributed by atoms with Gasteiger partial charge in [-0.05, 0) is 49.6 Å². The number of carbonyl (C=O) groups excluding carboxylic acids is 2. The molecule has 0 saturated carbocycles. The normalized spacial score (nSPS) is 18.0. The van der Waals surface area contributed by atoms with Crippen LogP contribution in [-0.4, -0.2) is 32.8 Å². The van der Waals surface area contributed by atoms with Gasteiger partial charge >= 0.3 is 0 Å². The van der Waals surface area contributed by atoms with Crippen molar-refractivity contribution in [2.45, 2.75) is 32.5 Å². The summed E-state index contributed by atoms with van der Waals surface area (Å²) in [5, 5.41) is 13.0. The number of hydrogen-bond donors (Lipinski definition) is 1. The van der Waals surface area contributed by atoms with Crippen LogP contribution in [0.25, 0.3) is 5.76 Å². The van der Waals surface area contributed by atoms with E-state index in [1.54, 1.807) is 42.6 Å². The summed E-state index contributed by atoms with van der Waals surface area (Å²) in [6.07, 6.45) is 1.61. The van der Waals surface area contributed by atoms with Gasteiger partial charge in [0.2, 0.25) is 0 Å². The van der Waals surface area contributed by atoms with Gasteiger partial charge in [0.15, 0.2) is 0 Å². The molecule has 1 aromatic carbocycles. The average Bonchev–Trinajstić information content (AvgIpc) is 3.36. The highest BCUT2D eigenvalue weighted by Crippen LogP contribution is 2.42. The number of aliphatic hydroxyl groups excluding tert-OH is 1. The van der Waals surface area contributed by atoms with Gasteiger partial charge in [-0.25, -0.2) is 0 Å². The number of aromatic nitrogens is 1. The van der Waals surface area contributed by atoms with E-state index in [1.165, 1.54) is 16.2 Å². The van der Waals surface area contributed by atoms with Crippen molar-refractivity contribution >= 4 is 28.8 Å². The zero-order valence-corrected chi connectivity index (χ0v) is 18.0. The van der Waals surface area contributed by atoms with Gasteiger partial charge in [0.25, 0.3) is 11.7 Å². The monoisotopic (exact) mass is 434 g/mol. The second-order valence-electron chi connectivity index (χ2n) is 7.46. The molecule has 7 heteroatoms. The van der Waals surface area contributed by atoms with Crippen LogP contribution in [0.1, 0.15) is 36.0 Å². The third-order valence-corrected chi connectivity index (χ3v) is 5.82. The van der Waals surface area contributed by atoms with Crippen molar-refractivity contribution in [1.82, 2.24) is 9.88 Å². The van der Waals surface area contributed by atoms with E-state index in [1.807, 2.05) is 37.4 Å². The van der Waals surface area contributed by atoms with E-state index < -0.39 is 17.7 Å². The van der Waals surface area contributed by atoms with Crippen LogP contribution in [0.3, 0.4) is 0 Å². The number of amides is 1. The summed E-state index contributed by atoms with van der Waals surface area (Å²) in [7, 11) is 0. The van der Waals surface area contributed by atoms with Crippen molar-refractivity contribution in [3.8, 4) is 5.75 Å². The summed E-state index contributed by atoms with van der Waals surface area (Å²) in [6, 6.07) is 15.4. The molecule has 1 fully saturated rings. The molecule has 0 bridgehead atoms. The molecule has 3 heterocycles. The molecule has 0 aliphatic carbocycles. The van der Waals surface area contributed by atoms with Crippen LogP contribution in [0, 0.1) is 0 Å². The fourth-order valence-corrected chi connectivity index (χ4v) is 4.44. The smallest absolute Gasteiger partial charge is 0.296 e. The Balaban J connectivity index is 1.80. The molecule has 4 rings (SSSR count). The Morgan fingerprint density at radius 3 is 2.68 bits per heavy atom. The first kappa shape index (κ1) is 20.8. The summed E-state index contributed by atoms with van der Waals surface area (Å²) in [4.78, 5) is 32.5. The van der Waals surface area contributed by atoms with Crippen LogP contribution < -0.4 is 4.74 Å². The largest absolute Gasteiger partial charge is 0.507 e. The quantitative estimate of drug-likeness (QED) is 0.350. The van der Waals surface area contributed by atoms with Crippen molar-refractivity contribution in [2.24, 2.45) is 0 Å². The number of aliphatic hydroxyl groups is 1. The predicted molar refractivity (Wildman–Crippen MR) is 119 cm³/mol. The molecule has 1 aliphatic heterocycles. The van der Waals surface area contributed by atoms with Crippen molar-refractivity contribution in [2.75, 3.05) is 0 Å². The Morgan fingerprint density at radius 2 is 2.00 bits per heavy atom. The lowest BCUT2D eigenvalue weighted by Crippen LogP contribution is -2.29.